The standard InChI is InChI=1S/C29H26FN3O3/c1-4-12-36-22-7-5-6-20(15-22)28-25-26(24-18(3)13-17(2)14-23(24)34)31-32-27(25)29(35)33(28)16-19-8-10-21(30)11-9-19/h4-11,13-15,28,34H,1,12,16H2,2-3H3,(H,31,32). The van der Waals surface area contributed by atoms with Crippen LogP contribution >= 0.6 is 0 Å². The number of aromatic amines is 1. The van der Waals surface area contributed by atoms with Crippen molar-refractivity contribution < 1.29 is 19.0 Å². The zero-order valence-electron chi connectivity index (χ0n) is 20.1. The van der Waals surface area contributed by atoms with Crippen LogP contribution in [0.5, 0.6) is 11.5 Å². The van der Waals surface area contributed by atoms with Gasteiger partial charge in [-0.05, 0) is 66.4 Å². The lowest BCUT2D eigenvalue weighted by molar-refractivity contribution is 0.0730. The minimum atomic E-state index is -0.501. The normalized spacial score (nSPS) is 14.7. The first kappa shape index (κ1) is 23.4. The van der Waals surface area contributed by atoms with Gasteiger partial charge in [0.25, 0.3) is 5.91 Å². The number of aryl methyl sites for hydroxylation is 2. The summed E-state index contributed by atoms with van der Waals surface area (Å²) in [6.07, 6.45) is 1.67. The Morgan fingerprint density at radius 2 is 1.94 bits per heavy atom. The number of rotatable bonds is 7. The third-order valence-electron chi connectivity index (χ3n) is 6.37. The predicted octanol–water partition coefficient (Wildman–Crippen LogP) is 5.85. The number of benzene rings is 3. The van der Waals surface area contributed by atoms with E-state index in [1.807, 2.05) is 44.2 Å². The first-order chi connectivity index (χ1) is 17.4. The number of ether oxygens (including phenoxy) is 1. The van der Waals surface area contributed by atoms with Gasteiger partial charge in [0, 0.05) is 17.7 Å². The molecule has 1 aromatic heterocycles. The lowest BCUT2D eigenvalue weighted by Gasteiger charge is -2.27. The molecular weight excluding hydrogens is 457 g/mol. The van der Waals surface area contributed by atoms with E-state index in [1.54, 1.807) is 29.2 Å². The molecule has 0 saturated heterocycles. The fraction of sp³-hybridized carbons (Fsp3) is 0.172. The van der Waals surface area contributed by atoms with Gasteiger partial charge in [0.05, 0.1) is 6.04 Å². The average molecular weight is 484 g/mol. The minimum Gasteiger partial charge on any atom is -0.507 e. The predicted molar refractivity (Wildman–Crippen MR) is 135 cm³/mol. The molecule has 0 radical (unpaired) electrons. The topological polar surface area (TPSA) is 78.5 Å². The van der Waals surface area contributed by atoms with Crippen molar-refractivity contribution in [1.82, 2.24) is 15.1 Å². The van der Waals surface area contributed by atoms with E-state index >= 15 is 0 Å². The summed E-state index contributed by atoms with van der Waals surface area (Å²) in [5.41, 5.74) is 5.57. The molecule has 0 aliphatic carbocycles. The fourth-order valence-corrected chi connectivity index (χ4v) is 4.87. The third kappa shape index (κ3) is 4.13. The molecule has 0 fully saturated rings. The Labute approximate surface area is 208 Å². The molecule has 0 saturated carbocycles. The summed E-state index contributed by atoms with van der Waals surface area (Å²) in [7, 11) is 0. The van der Waals surface area contributed by atoms with Crippen LogP contribution in [0.4, 0.5) is 4.39 Å². The maximum atomic E-state index is 13.7. The van der Waals surface area contributed by atoms with Crippen LogP contribution in [0.25, 0.3) is 11.3 Å². The summed E-state index contributed by atoms with van der Waals surface area (Å²) in [6, 6.07) is 16.8. The molecular formula is C29H26FN3O3. The zero-order valence-corrected chi connectivity index (χ0v) is 20.1. The molecule has 182 valence electrons. The van der Waals surface area contributed by atoms with E-state index in [0.717, 1.165) is 22.3 Å². The van der Waals surface area contributed by atoms with Crippen molar-refractivity contribution in [3.05, 3.63) is 113 Å². The number of phenolic OH excluding ortho intramolecular Hbond substituents is 1. The van der Waals surface area contributed by atoms with Crippen LogP contribution in [0.2, 0.25) is 0 Å². The molecule has 1 amide bonds. The van der Waals surface area contributed by atoms with Gasteiger partial charge in [-0.2, -0.15) is 5.10 Å². The van der Waals surface area contributed by atoms with E-state index in [4.69, 9.17) is 4.74 Å². The van der Waals surface area contributed by atoms with Gasteiger partial charge >= 0.3 is 0 Å². The van der Waals surface area contributed by atoms with Crippen molar-refractivity contribution in [2.75, 3.05) is 6.61 Å². The van der Waals surface area contributed by atoms with Crippen molar-refractivity contribution in [3.63, 3.8) is 0 Å². The Bertz CT molecular complexity index is 1440. The van der Waals surface area contributed by atoms with Gasteiger partial charge in [0.15, 0.2) is 0 Å². The van der Waals surface area contributed by atoms with E-state index in [2.05, 4.69) is 16.8 Å². The number of hydrogen-bond acceptors (Lipinski definition) is 4. The number of nitrogens with zero attached hydrogens (tertiary/aromatic N) is 2. The lowest BCUT2D eigenvalue weighted by Crippen LogP contribution is -2.29. The van der Waals surface area contributed by atoms with E-state index in [0.29, 0.717) is 34.9 Å². The average Bonchev–Trinajstić information content (AvgIpc) is 3.38. The summed E-state index contributed by atoms with van der Waals surface area (Å²) in [6.45, 7) is 8.14. The Morgan fingerprint density at radius 3 is 2.67 bits per heavy atom. The van der Waals surface area contributed by atoms with Gasteiger partial charge < -0.3 is 14.7 Å². The molecule has 1 aliphatic rings. The van der Waals surface area contributed by atoms with Crippen LogP contribution in [-0.4, -0.2) is 32.7 Å². The Morgan fingerprint density at radius 1 is 1.17 bits per heavy atom. The quantitative estimate of drug-likeness (QED) is 0.323. The summed E-state index contributed by atoms with van der Waals surface area (Å²) in [5, 5.41) is 18.3. The smallest absolute Gasteiger partial charge is 0.273 e. The number of hydrogen-bond donors (Lipinski definition) is 2. The molecule has 6 nitrogen and oxygen atoms in total. The summed E-state index contributed by atoms with van der Waals surface area (Å²) in [4.78, 5) is 15.4. The highest BCUT2D eigenvalue weighted by Crippen LogP contribution is 2.46. The first-order valence-corrected chi connectivity index (χ1v) is 11.6. The van der Waals surface area contributed by atoms with Crippen molar-refractivity contribution >= 4 is 5.91 Å². The van der Waals surface area contributed by atoms with Gasteiger partial charge in [-0.25, -0.2) is 4.39 Å². The first-order valence-electron chi connectivity index (χ1n) is 11.6. The second kappa shape index (κ2) is 9.34. The summed E-state index contributed by atoms with van der Waals surface area (Å²) in [5.74, 6) is 0.194. The second-order valence-corrected chi connectivity index (χ2v) is 8.97. The highest BCUT2D eigenvalue weighted by molar-refractivity contribution is 6.00. The number of aromatic nitrogens is 2. The molecule has 2 N–H and O–H groups in total. The molecule has 0 bridgehead atoms. The van der Waals surface area contributed by atoms with Crippen molar-refractivity contribution in [3.8, 4) is 22.8 Å². The van der Waals surface area contributed by atoms with Gasteiger partial charge in [0.1, 0.15) is 35.3 Å². The van der Waals surface area contributed by atoms with E-state index in [1.165, 1.54) is 12.1 Å². The van der Waals surface area contributed by atoms with Gasteiger partial charge in [-0.3, -0.25) is 9.89 Å². The van der Waals surface area contributed by atoms with Crippen molar-refractivity contribution in [1.29, 1.82) is 0 Å². The number of amides is 1. The van der Waals surface area contributed by atoms with Gasteiger partial charge in [0.2, 0.25) is 0 Å². The number of phenols is 1. The molecule has 4 aromatic rings. The molecule has 1 aliphatic heterocycles. The number of aromatic hydroxyl groups is 1. The number of nitrogens with one attached hydrogen (secondary N) is 1. The van der Waals surface area contributed by atoms with Crippen LogP contribution in [-0.2, 0) is 6.54 Å². The number of carbonyl (C=O) groups excluding carboxylic acids is 1. The molecule has 0 spiro atoms. The van der Waals surface area contributed by atoms with Gasteiger partial charge in [-0.1, -0.05) is 43.0 Å². The SMILES string of the molecule is C=CCOc1cccc(C2c3c(-c4c(C)cc(C)cc4O)n[nH]c3C(=O)N2Cc2ccc(F)cc2)c1. The van der Waals surface area contributed by atoms with Crippen molar-refractivity contribution in [2.45, 2.75) is 26.4 Å². The van der Waals surface area contributed by atoms with Crippen LogP contribution in [0.3, 0.4) is 0 Å². The zero-order chi connectivity index (χ0) is 25.4. The maximum Gasteiger partial charge on any atom is 0.273 e. The Hall–Kier alpha value is -4.39. The number of H-pyrrole nitrogens is 1. The summed E-state index contributed by atoms with van der Waals surface area (Å²) >= 11 is 0. The van der Waals surface area contributed by atoms with Crippen LogP contribution in [0, 0.1) is 19.7 Å². The molecule has 1 atom stereocenters. The third-order valence-corrected chi connectivity index (χ3v) is 6.37. The number of halogens is 1. The largest absolute Gasteiger partial charge is 0.507 e. The van der Waals surface area contributed by atoms with Crippen LogP contribution in [0.1, 0.15) is 44.3 Å². The molecule has 5 rings (SSSR count). The fourth-order valence-electron chi connectivity index (χ4n) is 4.87. The lowest BCUT2D eigenvalue weighted by atomic mass is 9.93. The van der Waals surface area contributed by atoms with E-state index in [-0.39, 0.29) is 24.0 Å². The number of carbonyl (C=O) groups is 1. The van der Waals surface area contributed by atoms with E-state index < -0.39 is 6.04 Å². The summed E-state index contributed by atoms with van der Waals surface area (Å²) < 4.78 is 19.3. The highest BCUT2D eigenvalue weighted by atomic mass is 19.1. The molecule has 1 unspecified atom stereocenters. The van der Waals surface area contributed by atoms with Gasteiger partial charge in [-0.15, -0.1) is 0 Å². The number of fused-ring (bicyclic) bond motifs is 1. The molecule has 36 heavy (non-hydrogen) atoms. The van der Waals surface area contributed by atoms with E-state index in [9.17, 15) is 14.3 Å². The second-order valence-electron chi connectivity index (χ2n) is 8.97. The Balaban J connectivity index is 1.66. The monoisotopic (exact) mass is 483 g/mol. The molecule has 7 heteroatoms. The maximum absolute atomic E-state index is 13.7. The minimum absolute atomic E-state index is 0.105. The van der Waals surface area contributed by atoms with Crippen molar-refractivity contribution in [2.24, 2.45) is 0 Å². The molecule has 3 aromatic carbocycles. The Kier molecular flexibility index (Phi) is 6.06. The van der Waals surface area contributed by atoms with Crippen LogP contribution < -0.4 is 4.74 Å². The molecule has 2 heterocycles. The highest BCUT2D eigenvalue weighted by Gasteiger charge is 2.42. The van der Waals surface area contributed by atoms with Crippen LogP contribution in [0.15, 0.2) is 73.3 Å².